The van der Waals surface area contributed by atoms with Crippen LogP contribution in [0, 0.1) is 0 Å². The molecule has 4 aromatic carbocycles. The third-order valence-corrected chi connectivity index (χ3v) is 13.2. The zero-order chi connectivity index (χ0) is 25.7. The van der Waals surface area contributed by atoms with E-state index in [1.165, 1.54) is 44.4 Å². The summed E-state index contributed by atoms with van der Waals surface area (Å²) in [7, 11) is 0.0401. The van der Waals surface area contributed by atoms with Gasteiger partial charge >= 0.3 is 0 Å². The van der Waals surface area contributed by atoms with Crippen LogP contribution in [0.25, 0.3) is 0 Å². The monoisotopic (exact) mass is 524 g/mol. The van der Waals surface area contributed by atoms with Gasteiger partial charge in [0.2, 0.25) is 0 Å². The Morgan fingerprint density at radius 1 is 0.486 bits per heavy atom. The highest BCUT2D eigenvalue weighted by atomic mass is 31.1. The van der Waals surface area contributed by atoms with Gasteiger partial charge in [0.05, 0.1) is 0 Å². The molecule has 2 heterocycles. The number of hydrogen-bond acceptors (Lipinski definition) is 0. The highest BCUT2D eigenvalue weighted by Gasteiger charge is 2.29. The number of hydrogen-bond donors (Lipinski definition) is 0. The minimum atomic E-state index is 0.0201. The molecule has 4 atom stereocenters. The van der Waals surface area contributed by atoms with E-state index in [0.29, 0.717) is 0 Å². The van der Waals surface area contributed by atoms with E-state index in [1.54, 1.807) is 21.7 Å². The average Bonchev–Trinajstić information content (AvgIpc) is 3.67. The Hall–Kier alpha value is -2.26. The maximum atomic E-state index is 2.31. The largest absolute Gasteiger partial charge is 0.0677 e. The Morgan fingerprint density at radius 3 is 1.11 bits per heavy atom. The van der Waals surface area contributed by atoms with Crippen molar-refractivity contribution in [3.05, 3.63) is 132 Å². The lowest BCUT2D eigenvalue weighted by Crippen LogP contribution is -2.04. The SMILES string of the molecule is CCC.c1ccc(C2CCCP2c2ccccc2)cc1.c1ccc(C2CCCP2c2ccccc2)cc1. The fourth-order valence-electron chi connectivity index (χ4n) is 5.43. The highest BCUT2D eigenvalue weighted by molar-refractivity contribution is 7.66. The molecule has 2 aliphatic heterocycles. The van der Waals surface area contributed by atoms with Crippen LogP contribution in [0.2, 0.25) is 0 Å². The molecule has 0 amide bonds. The molecule has 2 fully saturated rings. The molecule has 4 unspecified atom stereocenters. The van der Waals surface area contributed by atoms with Gasteiger partial charge in [-0.05, 0) is 59.7 Å². The molecule has 0 aliphatic carbocycles. The van der Waals surface area contributed by atoms with Crippen molar-refractivity contribution >= 4 is 26.5 Å². The van der Waals surface area contributed by atoms with E-state index >= 15 is 0 Å². The molecule has 37 heavy (non-hydrogen) atoms. The topological polar surface area (TPSA) is 0 Å². The molecular weight excluding hydrogens is 482 g/mol. The third-order valence-electron chi connectivity index (χ3n) is 7.05. The van der Waals surface area contributed by atoms with E-state index < -0.39 is 0 Å². The van der Waals surface area contributed by atoms with Crippen LogP contribution >= 0.6 is 15.8 Å². The third kappa shape index (κ3) is 7.87. The summed E-state index contributed by atoms with van der Waals surface area (Å²) in [6, 6.07) is 44.3. The molecule has 192 valence electrons. The predicted octanol–water partition coefficient (Wildman–Crippen LogP) is 10.1. The standard InChI is InChI=1S/2C16H17P.C3H8/c2*1-3-8-14(9-4-1)16-12-7-13-17(16)15-10-5-2-6-11-15;1-3-2/h2*1-6,8-11,16H,7,12-13H2;3H2,1-2H3. The second kappa shape index (κ2) is 15.2. The Bertz CT molecular complexity index is 945. The summed E-state index contributed by atoms with van der Waals surface area (Å²) in [5.74, 6) is 0. The van der Waals surface area contributed by atoms with Gasteiger partial charge in [-0.25, -0.2) is 0 Å². The molecule has 0 nitrogen and oxygen atoms in total. The van der Waals surface area contributed by atoms with Crippen molar-refractivity contribution in [3.8, 4) is 0 Å². The minimum absolute atomic E-state index is 0.0201. The van der Waals surface area contributed by atoms with Crippen LogP contribution in [0.3, 0.4) is 0 Å². The summed E-state index contributed by atoms with van der Waals surface area (Å²) in [6.07, 6.45) is 9.56. The zero-order valence-electron chi connectivity index (χ0n) is 22.5. The van der Waals surface area contributed by atoms with E-state index in [4.69, 9.17) is 0 Å². The quantitative estimate of drug-likeness (QED) is 0.233. The van der Waals surface area contributed by atoms with Gasteiger partial charge < -0.3 is 0 Å². The lowest BCUT2D eigenvalue weighted by molar-refractivity contribution is 0.827. The smallest absolute Gasteiger partial charge is 0.00820 e. The number of benzene rings is 4. The fraction of sp³-hybridized carbons (Fsp3) is 0.314. The maximum Gasteiger partial charge on any atom is 0.00820 e. The summed E-state index contributed by atoms with van der Waals surface area (Å²) in [5.41, 5.74) is 4.65. The van der Waals surface area contributed by atoms with Crippen molar-refractivity contribution in [2.45, 2.75) is 57.3 Å². The normalized spacial score (nSPS) is 22.3. The molecule has 0 radical (unpaired) electrons. The van der Waals surface area contributed by atoms with E-state index in [0.717, 1.165) is 11.3 Å². The molecule has 0 N–H and O–H groups in total. The van der Waals surface area contributed by atoms with Crippen LogP contribution in [0.1, 0.15) is 68.4 Å². The predicted molar refractivity (Wildman–Crippen MR) is 169 cm³/mol. The first-order valence-corrected chi connectivity index (χ1v) is 17.2. The van der Waals surface area contributed by atoms with E-state index in [9.17, 15) is 0 Å². The van der Waals surface area contributed by atoms with Gasteiger partial charge in [-0.2, -0.15) is 0 Å². The molecule has 0 saturated carbocycles. The van der Waals surface area contributed by atoms with Crippen LogP contribution in [-0.2, 0) is 0 Å². The van der Waals surface area contributed by atoms with Gasteiger partial charge in [0.25, 0.3) is 0 Å². The lowest BCUT2D eigenvalue weighted by Gasteiger charge is -2.21. The summed E-state index contributed by atoms with van der Waals surface area (Å²) < 4.78 is 0. The molecular formula is C35H42P2. The van der Waals surface area contributed by atoms with Gasteiger partial charge in [0.15, 0.2) is 0 Å². The van der Waals surface area contributed by atoms with Crippen LogP contribution in [0.15, 0.2) is 121 Å². The first-order chi connectivity index (χ1) is 18.3. The van der Waals surface area contributed by atoms with Crippen LogP contribution in [0.5, 0.6) is 0 Å². The van der Waals surface area contributed by atoms with E-state index in [1.807, 2.05) is 0 Å². The van der Waals surface area contributed by atoms with Gasteiger partial charge in [-0.15, -0.1) is 0 Å². The molecule has 2 aliphatic rings. The number of rotatable bonds is 4. The van der Waals surface area contributed by atoms with Crippen LogP contribution < -0.4 is 10.6 Å². The van der Waals surface area contributed by atoms with Crippen molar-refractivity contribution < 1.29 is 0 Å². The van der Waals surface area contributed by atoms with E-state index in [2.05, 4.69) is 135 Å². The maximum absolute atomic E-state index is 2.31. The summed E-state index contributed by atoms with van der Waals surface area (Å²) >= 11 is 0. The summed E-state index contributed by atoms with van der Waals surface area (Å²) in [4.78, 5) is 0. The highest BCUT2D eigenvalue weighted by Crippen LogP contribution is 2.59. The van der Waals surface area contributed by atoms with Gasteiger partial charge in [0.1, 0.15) is 0 Å². The second-order valence-electron chi connectivity index (χ2n) is 9.90. The summed E-state index contributed by atoms with van der Waals surface area (Å²) in [6.45, 7) is 4.25. The first-order valence-electron chi connectivity index (χ1n) is 14.0. The van der Waals surface area contributed by atoms with Crippen molar-refractivity contribution in [3.63, 3.8) is 0 Å². The Labute approximate surface area is 228 Å². The fourth-order valence-corrected chi connectivity index (χ4v) is 11.5. The Kier molecular flexibility index (Phi) is 11.4. The van der Waals surface area contributed by atoms with Gasteiger partial charge in [-0.1, -0.05) is 157 Å². The summed E-state index contributed by atoms with van der Waals surface area (Å²) in [5, 5.41) is 3.16. The van der Waals surface area contributed by atoms with Crippen molar-refractivity contribution in [1.82, 2.24) is 0 Å². The second-order valence-corrected chi connectivity index (χ2v) is 15.0. The molecule has 4 aromatic rings. The minimum Gasteiger partial charge on any atom is -0.0677 e. The molecule has 0 spiro atoms. The van der Waals surface area contributed by atoms with E-state index in [-0.39, 0.29) is 15.8 Å². The molecule has 2 heteroatoms. The molecule has 0 bridgehead atoms. The lowest BCUT2D eigenvalue weighted by atomic mass is 10.1. The van der Waals surface area contributed by atoms with Gasteiger partial charge in [-0.3, -0.25) is 0 Å². The molecule has 0 aromatic heterocycles. The van der Waals surface area contributed by atoms with Crippen LogP contribution in [0.4, 0.5) is 0 Å². The van der Waals surface area contributed by atoms with Crippen molar-refractivity contribution in [1.29, 1.82) is 0 Å². The van der Waals surface area contributed by atoms with Gasteiger partial charge in [0, 0.05) is 11.3 Å². The zero-order valence-corrected chi connectivity index (χ0v) is 24.3. The van der Waals surface area contributed by atoms with Crippen molar-refractivity contribution in [2.75, 3.05) is 12.3 Å². The molecule has 2 saturated heterocycles. The van der Waals surface area contributed by atoms with Crippen molar-refractivity contribution in [2.24, 2.45) is 0 Å². The first kappa shape index (κ1) is 27.8. The Morgan fingerprint density at radius 2 is 0.784 bits per heavy atom. The Balaban J connectivity index is 0.000000157. The van der Waals surface area contributed by atoms with Crippen LogP contribution in [-0.4, -0.2) is 12.3 Å². The average molecular weight is 525 g/mol. The molecule has 6 rings (SSSR count).